The topological polar surface area (TPSA) is 114 Å². The van der Waals surface area contributed by atoms with Gasteiger partial charge in [-0.3, -0.25) is 0 Å². The molecule has 0 radical (unpaired) electrons. The summed E-state index contributed by atoms with van der Waals surface area (Å²) in [5.74, 6) is 0.614. The molecule has 1 aliphatic rings. The molecular formula is C22H26N2O6S2. The van der Waals surface area contributed by atoms with Gasteiger partial charge in [-0.25, -0.2) is 18.5 Å². The molecule has 32 heavy (non-hydrogen) atoms. The molecule has 1 saturated heterocycles. The van der Waals surface area contributed by atoms with Gasteiger partial charge in [-0.2, -0.15) is 0 Å². The highest BCUT2D eigenvalue weighted by Gasteiger charge is 2.37. The van der Waals surface area contributed by atoms with E-state index in [0.717, 1.165) is 41.1 Å². The molecule has 0 unspecified atom stereocenters. The second-order valence-electron chi connectivity index (χ2n) is 7.58. The van der Waals surface area contributed by atoms with E-state index in [4.69, 9.17) is 23.8 Å². The van der Waals surface area contributed by atoms with Crippen LogP contribution in [-0.4, -0.2) is 40.3 Å². The molecule has 8 nitrogen and oxygen atoms in total. The van der Waals surface area contributed by atoms with Crippen molar-refractivity contribution >= 4 is 21.4 Å². The number of hydrogen-bond acceptors (Lipinski definition) is 8. The lowest BCUT2D eigenvalue weighted by molar-refractivity contribution is -0.0955. The summed E-state index contributed by atoms with van der Waals surface area (Å²) in [6.45, 7) is 1.88. The fourth-order valence-corrected chi connectivity index (χ4v) is 5.29. The minimum absolute atomic E-state index is 0.0563. The van der Waals surface area contributed by atoms with E-state index in [-0.39, 0.29) is 10.5 Å². The van der Waals surface area contributed by atoms with Crippen LogP contribution in [0.5, 0.6) is 5.06 Å². The number of hydrogen-bond donors (Lipinski definition) is 1. The summed E-state index contributed by atoms with van der Waals surface area (Å²) in [6, 6.07) is 8.32. The summed E-state index contributed by atoms with van der Waals surface area (Å²) in [5.41, 5.74) is 2.27. The van der Waals surface area contributed by atoms with Crippen LogP contribution in [0.2, 0.25) is 0 Å². The molecule has 0 saturated carbocycles. The van der Waals surface area contributed by atoms with Crippen molar-refractivity contribution < 1.29 is 27.0 Å². The molecule has 2 N–H and O–H groups in total. The number of sulfonamides is 1. The highest BCUT2D eigenvalue weighted by atomic mass is 32.2. The van der Waals surface area contributed by atoms with Gasteiger partial charge in [0, 0.05) is 44.3 Å². The zero-order valence-corrected chi connectivity index (χ0v) is 19.4. The summed E-state index contributed by atoms with van der Waals surface area (Å²) < 4.78 is 46.0. The van der Waals surface area contributed by atoms with Gasteiger partial charge in [0.05, 0.1) is 17.2 Å². The van der Waals surface area contributed by atoms with E-state index in [1.165, 1.54) is 18.5 Å². The molecular weight excluding hydrogens is 452 g/mol. The Morgan fingerprint density at radius 3 is 2.62 bits per heavy atom. The first-order valence-electron chi connectivity index (χ1n) is 10.3. The third-order valence-electron chi connectivity index (χ3n) is 5.69. The second kappa shape index (κ2) is 9.72. The zero-order valence-electron chi connectivity index (χ0n) is 17.8. The minimum Gasteiger partial charge on any atom is -0.484 e. The number of oxazole rings is 1. The quantitative estimate of drug-likeness (QED) is 0.466. The highest BCUT2D eigenvalue weighted by molar-refractivity contribution is 7.89. The first-order valence-corrected chi connectivity index (χ1v) is 12.7. The van der Waals surface area contributed by atoms with Gasteiger partial charge in [0.1, 0.15) is 5.60 Å². The van der Waals surface area contributed by atoms with Crippen molar-refractivity contribution in [1.82, 2.24) is 4.98 Å². The van der Waals surface area contributed by atoms with E-state index >= 15 is 0 Å². The average molecular weight is 479 g/mol. The number of thiophene rings is 1. The molecule has 0 amide bonds. The highest BCUT2D eigenvalue weighted by Crippen LogP contribution is 2.43. The van der Waals surface area contributed by atoms with Crippen LogP contribution in [0.1, 0.15) is 30.5 Å². The number of nitrogens with two attached hydrogens (primary N) is 1. The van der Waals surface area contributed by atoms with Gasteiger partial charge < -0.3 is 18.6 Å². The number of rotatable bonds is 9. The number of ether oxygens (including phenoxy) is 3. The third kappa shape index (κ3) is 4.89. The molecule has 1 fully saturated rings. The van der Waals surface area contributed by atoms with Gasteiger partial charge in [0.15, 0.2) is 17.2 Å². The maximum atomic E-state index is 11.4. The summed E-state index contributed by atoms with van der Waals surface area (Å²) >= 11 is 1.57. The summed E-state index contributed by atoms with van der Waals surface area (Å²) in [6.07, 6.45) is 4.41. The largest absolute Gasteiger partial charge is 0.484 e. The minimum atomic E-state index is -3.73. The first kappa shape index (κ1) is 22.9. The Labute approximate surface area is 191 Å². The molecule has 4 rings (SSSR count). The van der Waals surface area contributed by atoms with Crippen molar-refractivity contribution in [3.8, 4) is 16.4 Å². The number of nitrogens with zero attached hydrogens (tertiary/aromatic N) is 1. The Balaban J connectivity index is 1.37. The SMILES string of the molecule is COC1(c2ccsc2OCCCc2ncoc2-c2ccc(S(N)(=O)=O)cc2)CCOCC1. The number of aromatic nitrogens is 1. The molecule has 2 aromatic heterocycles. The van der Waals surface area contributed by atoms with E-state index in [0.29, 0.717) is 32.0 Å². The number of methoxy groups -OCH3 is 1. The van der Waals surface area contributed by atoms with Crippen LogP contribution in [0.15, 0.2) is 51.4 Å². The smallest absolute Gasteiger partial charge is 0.238 e. The predicted octanol–water partition coefficient (Wildman–Crippen LogP) is 3.71. The van der Waals surface area contributed by atoms with Crippen molar-refractivity contribution in [3.63, 3.8) is 0 Å². The normalized spacial score (nSPS) is 16.2. The van der Waals surface area contributed by atoms with E-state index in [9.17, 15) is 8.42 Å². The maximum absolute atomic E-state index is 11.4. The van der Waals surface area contributed by atoms with Gasteiger partial charge in [-0.15, -0.1) is 11.3 Å². The molecule has 1 aromatic carbocycles. The van der Waals surface area contributed by atoms with E-state index in [1.54, 1.807) is 30.6 Å². The van der Waals surface area contributed by atoms with Crippen molar-refractivity contribution in [2.75, 3.05) is 26.9 Å². The second-order valence-corrected chi connectivity index (χ2v) is 10.0. The van der Waals surface area contributed by atoms with Crippen LogP contribution < -0.4 is 9.88 Å². The standard InChI is InChI=1S/C22H26N2O6S2/c1-27-22(9-12-28-13-10-22)18-8-14-31-21(18)29-11-2-3-19-20(30-15-24-19)16-4-6-17(7-5-16)32(23,25)26/h4-8,14-15H,2-3,9-13H2,1H3,(H2,23,25,26). The van der Waals surface area contributed by atoms with Gasteiger partial charge >= 0.3 is 0 Å². The van der Waals surface area contributed by atoms with E-state index in [2.05, 4.69) is 11.1 Å². The molecule has 0 atom stereocenters. The van der Waals surface area contributed by atoms with Gasteiger partial charge in [-0.05, 0) is 48.6 Å². The third-order valence-corrected chi connectivity index (χ3v) is 7.44. The summed E-state index contributed by atoms with van der Waals surface area (Å²) in [5, 5.41) is 8.07. The predicted molar refractivity (Wildman–Crippen MR) is 120 cm³/mol. The van der Waals surface area contributed by atoms with Crippen LogP contribution in [0.3, 0.4) is 0 Å². The van der Waals surface area contributed by atoms with Crippen molar-refractivity contribution in [2.24, 2.45) is 5.14 Å². The Bertz CT molecular complexity index is 1130. The van der Waals surface area contributed by atoms with Crippen LogP contribution in [0.25, 0.3) is 11.3 Å². The Morgan fingerprint density at radius 2 is 1.94 bits per heavy atom. The van der Waals surface area contributed by atoms with Crippen LogP contribution in [0.4, 0.5) is 0 Å². The summed E-state index contributed by atoms with van der Waals surface area (Å²) in [7, 11) is -1.99. The van der Waals surface area contributed by atoms with Gasteiger partial charge in [0.2, 0.25) is 10.0 Å². The van der Waals surface area contributed by atoms with Gasteiger partial charge in [0.25, 0.3) is 0 Å². The Hall–Kier alpha value is -2.24. The van der Waals surface area contributed by atoms with Crippen LogP contribution in [0, 0.1) is 0 Å². The van der Waals surface area contributed by atoms with Crippen molar-refractivity contribution in [3.05, 3.63) is 53.4 Å². The molecule has 172 valence electrons. The maximum Gasteiger partial charge on any atom is 0.238 e. The molecule has 0 aliphatic carbocycles. The Kier molecular flexibility index (Phi) is 6.96. The monoisotopic (exact) mass is 478 g/mol. The van der Waals surface area contributed by atoms with Gasteiger partial charge in [-0.1, -0.05) is 0 Å². The summed E-state index contributed by atoms with van der Waals surface area (Å²) in [4.78, 5) is 4.37. The average Bonchev–Trinajstić information content (AvgIpc) is 3.46. The van der Waals surface area contributed by atoms with Crippen molar-refractivity contribution in [1.29, 1.82) is 0 Å². The van der Waals surface area contributed by atoms with Crippen LogP contribution in [-0.2, 0) is 31.5 Å². The molecule has 3 heterocycles. The molecule has 3 aromatic rings. The fraction of sp³-hybridized carbons (Fsp3) is 0.409. The lowest BCUT2D eigenvalue weighted by Gasteiger charge is -2.36. The number of aryl methyl sites for hydroxylation is 1. The number of benzene rings is 1. The lowest BCUT2D eigenvalue weighted by atomic mass is 9.87. The lowest BCUT2D eigenvalue weighted by Crippen LogP contribution is -2.35. The molecule has 1 aliphatic heterocycles. The zero-order chi connectivity index (χ0) is 22.6. The number of primary sulfonamides is 1. The molecule has 0 bridgehead atoms. The van der Waals surface area contributed by atoms with E-state index < -0.39 is 10.0 Å². The van der Waals surface area contributed by atoms with Crippen molar-refractivity contribution in [2.45, 2.75) is 36.2 Å². The fourth-order valence-electron chi connectivity index (χ4n) is 3.91. The first-order chi connectivity index (χ1) is 15.4. The van der Waals surface area contributed by atoms with E-state index in [1.807, 2.05) is 5.38 Å². The molecule has 0 spiro atoms. The Morgan fingerprint density at radius 1 is 1.19 bits per heavy atom. The van der Waals surface area contributed by atoms with Crippen LogP contribution >= 0.6 is 11.3 Å². The molecule has 10 heteroatoms.